The van der Waals surface area contributed by atoms with E-state index in [1.165, 1.54) is 5.56 Å². The number of para-hydroxylation sites is 1. The highest BCUT2D eigenvalue weighted by molar-refractivity contribution is 6.05. The van der Waals surface area contributed by atoms with Gasteiger partial charge in [0, 0.05) is 11.7 Å². The second-order valence-corrected chi connectivity index (χ2v) is 7.30. The van der Waals surface area contributed by atoms with Crippen molar-refractivity contribution in [2.75, 3.05) is 18.1 Å². The Kier molecular flexibility index (Phi) is 3.11. The van der Waals surface area contributed by atoms with Gasteiger partial charge < -0.3 is 14.4 Å². The Hall–Kier alpha value is -2.49. The summed E-state index contributed by atoms with van der Waals surface area (Å²) in [5.74, 6) is 1.76. The topological polar surface area (TPSA) is 38.8 Å². The van der Waals surface area contributed by atoms with E-state index in [0.717, 1.165) is 42.0 Å². The third-order valence-electron chi connectivity index (χ3n) is 5.68. The molecule has 0 aromatic heterocycles. The van der Waals surface area contributed by atoms with Crippen LogP contribution in [0.5, 0.6) is 11.5 Å². The van der Waals surface area contributed by atoms with Gasteiger partial charge in [0.15, 0.2) is 11.5 Å². The van der Waals surface area contributed by atoms with E-state index in [2.05, 4.69) is 19.1 Å². The fourth-order valence-electron chi connectivity index (χ4n) is 4.20. The lowest BCUT2D eigenvalue weighted by molar-refractivity contribution is -0.121. The molecule has 4 heteroatoms. The molecule has 1 fully saturated rings. The minimum absolute atomic E-state index is 0.208. The fraction of sp³-hybridized carbons (Fsp3) is 0.381. The predicted molar refractivity (Wildman–Crippen MR) is 95.4 cm³/mol. The summed E-state index contributed by atoms with van der Waals surface area (Å²) in [6.45, 7) is 3.28. The molecule has 1 amide bonds. The number of rotatable bonds is 2. The minimum atomic E-state index is -0.401. The van der Waals surface area contributed by atoms with E-state index >= 15 is 0 Å². The zero-order valence-corrected chi connectivity index (χ0v) is 14.3. The van der Waals surface area contributed by atoms with Crippen LogP contribution in [-0.4, -0.2) is 25.2 Å². The van der Waals surface area contributed by atoms with Crippen LogP contribution in [0.15, 0.2) is 42.5 Å². The highest BCUT2D eigenvalue weighted by Gasteiger charge is 2.55. The molecule has 0 bridgehead atoms. The number of nitrogens with zero attached hydrogens (tertiary/aromatic N) is 1. The first-order valence-electron chi connectivity index (χ1n) is 9.01. The van der Waals surface area contributed by atoms with E-state index < -0.39 is 5.41 Å². The molecule has 1 aliphatic carbocycles. The number of ether oxygens (including phenoxy) is 2. The lowest BCUT2D eigenvalue weighted by atomic mass is 9.93. The number of amides is 1. The molecule has 0 saturated heterocycles. The SMILES string of the molecule is CC1Cc2ccccc2N1C(=O)C1(c2ccc3c(c2)OCCO3)CC1. The lowest BCUT2D eigenvalue weighted by Gasteiger charge is -2.29. The van der Waals surface area contributed by atoms with Crippen molar-refractivity contribution in [2.24, 2.45) is 0 Å². The Morgan fingerprint density at radius 2 is 1.84 bits per heavy atom. The quantitative estimate of drug-likeness (QED) is 0.843. The van der Waals surface area contributed by atoms with Crippen LogP contribution in [0, 0.1) is 0 Å². The van der Waals surface area contributed by atoms with Crippen LogP contribution in [0.1, 0.15) is 30.9 Å². The molecule has 2 heterocycles. The van der Waals surface area contributed by atoms with Crippen molar-refractivity contribution in [1.29, 1.82) is 0 Å². The number of carbonyl (C=O) groups excluding carboxylic acids is 1. The molecule has 4 nitrogen and oxygen atoms in total. The average molecular weight is 335 g/mol. The molecule has 128 valence electrons. The number of hydrogen-bond acceptors (Lipinski definition) is 3. The van der Waals surface area contributed by atoms with E-state index in [9.17, 15) is 4.79 Å². The first-order chi connectivity index (χ1) is 12.2. The van der Waals surface area contributed by atoms with Crippen LogP contribution in [0.2, 0.25) is 0 Å². The minimum Gasteiger partial charge on any atom is -0.486 e. The van der Waals surface area contributed by atoms with Crippen molar-refractivity contribution >= 4 is 11.6 Å². The largest absolute Gasteiger partial charge is 0.486 e. The Morgan fingerprint density at radius 1 is 1.08 bits per heavy atom. The second-order valence-electron chi connectivity index (χ2n) is 7.30. The van der Waals surface area contributed by atoms with E-state index in [4.69, 9.17) is 9.47 Å². The number of carbonyl (C=O) groups is 1. The van der Waals surface area contributed by atoms with Crippen LogP contribution in [0.4, 0.5) is 5.69 Å². The molecule has 2 aromatic rings. The predicted octanol–water partition coefficient (Wildman–Crippen LogP) is 3.47. The van der Waals surface area contributed by atoms with Gasteiger partial charge in [-0.1, -0.05) is 24.3 Å². The summed E-state index contributed by atoms with van der Waals surface area (Å²) in [4.78, 5) is 15.5. The van der Waals surface area contributed by atoms with Crippen molar-refractivity contribution in [1.82, 2.24) is 0 Å². The van der Waals surface area contributed by atoms with Gasteiger partial charge in [0.25, 0.3) is 0 Å². The van der Waals surface area contributed by atoms with Gasteiger partial charge in [0.1, 0.15) is 13.2 Å². The Labute approximate surface area is 147 Å². The number of fused-ring (bicyclic) bond motifs is 2. The molecule has 0 spiro atoms. The van der Waals surface area contributed by atoms with E-state index in [1.807, 2.05) is 35.2 Å². The van der Waals surface area contributed by atoms with Gasteiger partial charge >= 0.3 is 0 Å². The van der Waals surface area contributed by atoms with Crippen LogP contribution in [0.3, 0.4) is 0 Å². The van der Waals surface area contributed by atoms with Crippen molar-refractivity contribution in [3.8, 4) is 11.5 Å². The molecule has 1 saturated carbocycles. The first kappa shape index (κ1) is 14.8. The molecule has 3 aliphatic rings. The highest BCUT2D eigenvalue weighted by atomic mass is 16.6. The molecular weight excluding hydrogens is 314 g/mol. The third-order valence-corrected chi connectivity index (χ3v) is 5.68. The summed E-state index contributed by atoms with van der Waals surface area (Å²) in [6.07, 6.45) is 2.73. The molecular formula is C21H21NO3. The Morgan fingerprint density at radius 3 is 2.64 bits per heavy atom. The van der Waals surface area contributed by atoms with Crippen molar-refractivity contribution < 1.29 is 14.3 Å². The maximum absolute atomic E-state index is 13.5. The van der Waals surface area contributed by atoms with E-state index in [1.54, 1.807) is 0 Å². The van der Waals surface area contributed by atoms with Crippen LogP contribution >= 0.6 is 0 Å². The zero-order valence-electron chi connectivity index (χ0n) is 14.3. The summed E-state index contributed by atoms with van der Waals surface area (Å²) >= 11 is 0. The number of anilines is 1. The summed E-state index contributed by atoms with van der Waals surface area (Å²) < 4.78 is 11.3. The van der Waals surface area contributed by atoms with Crippen LogP contribution < -0.4 is 14.4 Å². The standard InChI is InChI=1S/C21H21NO3/c1-14-12-15-4-2-3-5-17(15)22(14)20(23)21(8-9-21)16-6-7-18-19(13-16)25-11-10-24-18/h2-7,13-14H,8-12H2,1H3. The molecule has 1 atom stereocenters. The molecule has 2 aliphatic heterocycles. The second kappa shape index (κ2) is 5.25. The molecule has 0 radical (unpaired) electrons. The van der Waals surface area contributed by atoms with Gasteiger partial charge in [-0.15, -0.1) is 0 Å². The number of benzene rings is 2. The Bertz CT molecular complexity index is 856. The van der Waals surface area contributed by atoms with Gasteiger partial charge in [-0.05, 0) is 55.5 Å². The molecule has 25 heavy (non-hydrogen) atoms. The van der Waals surface area contributed by atoms with Crippen molar-refractivity contribution in [3.63, 3.8) is 0 Å². The van der Waals surface area contributed by atoms with Crippen LogP contribution in [0.25, 0.3) is 0 Å². The van der Waals surface area contributed by atoms with Crippen molar-refractivity contribution in [2.45, 2.75) is 37.6 Å². The van der Waals surface area contributed by atoms with Gasteiger partial charge in [0.05, 0.1) is 5.41 Å². The maximum atomic E-state index is 13.5. The average Bonchev–Trinajstić information content (AvgIpc) is 3.38. The third kappa shape index (κ3) is 2.16. The molecule has 1 unspecified atom stereocenters. The van der Waals surface area contributed by atoms with Crippen molar-refractivity contribution in [3.05, 3.63) is 53.6 Å². The van der Waals surface area contributed by atoms with E-state index in [-0.39, 0.29) is 11.9 Å². The van der Waals surface area contributed by atoms with Gasteiger partial charge in [-0.25, -0.2) is 0 Å². The summed E-state index contributed by atoms with van der Waals surface area (Å²) in [6, 6.07) is 14.4. The summed E-state index contributed by atoms with van der Waals surface area (Å²) in [5, 5.41) is 0. The highest BCUT2D eigenvalue weighted by Crippen LogP contribution is 2.53. The van der Waals surface area contributed by atoms with Crippen LogP contribution in [-0.2, 0) is 16.6 Å². The first-order valence-corrected chi connectivity index (χ1v) is 9.01. The zero-order chi connectivity index (χ0) is 17.0. The lowest BCUT2D eigenvalue weighted by Crippen LogP contribution is -2.42. The smallest absolute Gasteiger partial charge is 0.237 e. The van der Waals surface area contributed by atoms with Gasteiger partial charge in [-0.3, -0.25) is 4.79 Å². The fourth-order valence-corrected chi connectivity index (χ4v) is 4.20. The molecule has 5 rings (SSSR count). The Balaban J connectivity index is 1.51. The van der Waals surface area contributed by atoms with Gasteiger partial charge in [0.2, 0.25) is 5.91 Å². The maximum Gasteiger partial charge on any atom is 0.237 e. The summed E-state index contributed by atoms with van der Waals surface area (Å²) in [7, 11) is 0. The van der Waals surface area contributed by atoms with Gasteiger partial charge in [-0.2, -0.15) is 0 Å². The molecule has 2 aromatic carbocycles. The number of hydrogen-bond donors (Lipinski definition) is 0. The summed E-state index contributed by atoms with van der Waals surface area (Å²) in [5.41, 5.74) is 2.99. The normalized spacial score (nSPS) is 22.4. The molecule has 0 N–H and O–H groups in total. The monoisotopic (exact) mass is 335 g/mol. The van der Waals surface area contributed by atoms with E-state index in [0.29, 0.717) is 13.2 Å².